The number of carbonyl (C=O) groups is 2. The molecule has 1 unspecified atom stereocenters. The van der Waals surface area contributed by atoms with Gasteiger partial charge in [0.1, 0.15) is 0 Å². The van der Waals surface area contributed by atoms with Gasteiger partial charge in [-0.3, -0.25) is 9.59 Å². The van der Waals surface area contributed by atoms with Crippen LogP contribution in [0.3, 0.4) is 0 Å². The monoisotopic (exact) mass is 239 g/mol. The molecule has 17 heavy (non-hydrogen) atoms. The van der Waals surface area contributed by atoms with Gasteiger partial charge in [0.25, 0.3) is 0 Å². The van der Waals surface area contributed by atoms with Crippen molar-refractivity contribution >= 4 is 11.9 Å². The van der Waals surface area contributed by atoms with Crippen LogP contribution in [-0.2, 0) is 9.59 Å². The SMILES string of the molecule is CC1CCCN1C(=O)CC1(C(=O)O)CCCC1. The van der Waals surface area contributed by atoms with Crippen molar-refractivity contribution in [2.75, 3.05) is 6.54 Å². The summed E-state index contributed by atoms with van der Waals surface area (Å²) < 4.78 is 0. The molecule has 4 heteroatoms. The van der Waals surface area contributed by atoms with Crippen LogP contribution < -0.4 is 0 Å². The fourth-order valence-electron chi connectivity index (χ4n) is 3.21. The standard InChI is InChI=1S/C13H21NO3/c1-10-5-4-8-14(10)11(15)9-13(12(16)17)6-2-3-7-13/h10H,2-9H2,1H3,(H,16,17). The number of likely N-dealkylation sites (tertiary alicyclic amines) is 1. The fourth-order valence-corrected chi connectivity index (χ4v) is 3.21. The maximum atomic E-state index is 12.2. The summed E-state index contributed by atoms with van der Waals surface area (Å²) in [5, 5.41) is 9.35. The van der Waals surface area contributed by atoms with E-state index in [4.69, 9.17) is 0 Å². The van der Waals surface area contributed by atoms with Gasteiger partial charge in [-0.05, 0) is 32.6 Å². The molecule has 0 bridgehead atoms. The molecule has 1 saturated carbocycles. The Morgan fingerprint density at radius 1 is 1.29 bits per heavy atom. The second kappa shape index (κ2) is 4.67. The molecule has 0 aromatic rings. The van der Waals surface area contributed by atoms with Gasteiger partial charge < -0.3 is 10.0 Å². The van der Waals surface area contributed by atoms with E-state index in [-0.39, 0.29) is 18.4 Å². The van der Waals surface area contributed by atoms with Gasteiger partial charge in [-0.2, -0.15) is 0 Å². The summed E-state index contributed by atoms with van der Waals surface area (Å²) in [7, 11) is 0. The van der Waals surface area contributed by atoms with Crippen molar-refractivity contribution < 1.29 is 14.7 Å². The van der Waals surface area contributed by atoms with Crippen molar-refractivity contribution in [3.63, 3.8) is 0 Å². The number of carboxylic acids is 1. The molecule has 2 fully saturated rings. The first-order valence-corrected chi connectivity index (χ1v) is 6.58. The Morgan fingerprint density at radius 3 is 2.41 bits per heavy atom. The van der Waals surface area contributed by atoms with Gasteiger partial charge in [-0.15, -0.1) is 0 Å². The number of hydrogen-bond acceptors (Lipinski definition) is 2. The van der Waals surface area contributed by atoms with Crippen molar-refractivity contribution in [1.29, 1.82) is 0 Å². The quantitative estimate of drug-likeness (QED) is 0.819. The van der Waals surface area contributed by atoms with Crippen LogP contribution in [0, 0.1) is 5.41 Å². The lowest BCUT2D eigenvalue weighted by Gasteiger charge is -2.28. The van der Waals surface area contributed by atoms with Crippen molar-refractivity contribution in [2.45, 2.75) is 57.9 Å². The predicted octanol–water partition coefficient (Wildman–Crippen LogP) is 2.03. The van der Waals surface area contributed by atoms with E-state index >= 15 is 0 Å². The van der Waals surface area contributed by atoms with Gasteiger partial charge in [0.05, 0.1) is 5.41 Å². The Kier molecular flexibility index (Phi) is 3.40. The Bertz CT molecular complexity index is 321. The molecule has 1 amide bonds. The van der Waals surface area contributed by atoms with Gasteiger partial charge in [0.2, 0.25) is 5.91 Å². The lowest BCUT2D eigenvalue weighted by molar-refractivity contribution is -0.153. The molecule has 1 atom stereocenters. The first-order valence-electron chi connectivity index (χ1n) is 6.58. The van der Waals surface area contributed by atoms with Crippen molar-refractivity contribution in [2.24, 2.45) is 5.41 Å². The Balaban J connectivity index is 2.03. The molecule has 4 nitrogen and oxygen atoms in total. The number of hydrogen-bond donors (Lipinski definition) is 1. The lowest BCUT2D eigenvalue weighted by atomic mass is 9.82. The summed E-state index contributed by atoms with van der Waals surface area (Å²) in [6.45, 7) is 2.85. The average Bonchev–Trinajstić information content (AvgIpc) is 2.87. The third-order valence-corrected chi connectivity index (χ3v) is 4.38. The molecule has 1 saturated heterocycles. The number of carbonyl (C=O) groups excluding carboxylic acids is 1. The highest BCUT2D eigenvalue weighted by atomic mass is 16.4. The average molecular weight is 239 g/mol. The molecule has 1 aliphatic heterocycles. The highest BCUT2D eigenvalue weighted by Crippen LogP contribution is 2.42. The molecule has 0 spiro atoms. The first kappa shape index (κ1) is 12.4. The summed E-state index contributed by atoms with van der Waals surface area (Å²) in [6, 6.07) is 0.287. The summed E-state index contributed by atoms with van der Waals surface area (Å²) >= 11 is 0. The van der Waals surface area contributed by atoms with Crippen LogP contribution in [0.15, 0.2) is 0 Å². The van der Waals surface area contributed by atoms with Crippen LogP contribution >= 0.6 is 0 Å². The topological polar surface area (TPSA) is 57.6 Å². The minimum Gasteiger partial charge on any atom is -0.481 e. The van der Waals surface area contributed by atoms with Gasteiger partial charge >= 0.3 is 5.97 Å². The van der Waals surface area contributed by atoms with Crippen LogP contribution in [0.4, 0.5) is 0 Å². The van der Waals surface area contributed by atoms with E-state index in [0.717, 1.165) is 32.2 Å². The second-order valence-electron chi connectivity index (χ2n) is 5.55. The Labute approximate surface area is 102 Å². The van der Waals surface area contributed by atoms with Gasteiger partial charge in [0.15, 0.2) is 0 Å². The number of carboxylic acid groups (broad SMARTS) is 1. The highest BCUT2D eigenvalue weighted by Gasteiger charge is 2.44. The molecule has 0 aromatic carbocycles. The maximum Gasteiger partial charge on any atom is 0.310 e. The zero-order valence-corrected chi connectivity index (χ0v) is 10.4. The molecule has 96 valence electrons. The first-order chi connectivity index (χ1) is 8.05. The molecular formula is C13H21NO3. The van der Waals surface area contributed by atoms with E-state index in [2.05, 4.69) is 0 Å². The smallest absolute Gasteiger partial charge is 0.310 e. The molecule has 1 aliphatic carbocycles. The minimum absolute atomic E-state index is 0.0410. The van der Waals surface area contributed by atoms with E-state index < -0.39 is 11.4 Å². The van der Waals surface area contributed by atoms with E-state index in [1.807, 2.05) is 11.8 Å². The lowest BCUT2D eigenvalue weighted by Crippen LogP contribution is -2.39. The van der Waals surface area contributed by atoms with Crippen molar-refractivity contribution in [3.8, 4) is 0 Å². The Morgan fingerprint density at radius 2 is 1.94 bits per heavy atom. The molecule has 1 N–H and O–H groups in total. The predicted molar refractivity (Wildman–Crippen MR) is 63.6 cm³/mol. The zero-order valence-electron chi connectivity index (χ0n) is 10.4. The molecule has 0 aromatic heterocycles. The molecule has 2 aliphatic rings. The summed E-state index contributed by atoms with van der Waals surface area (Å²) in [5.41, 5.74) is -0.764. The molecular weight excluding hydrogens is 218 g/mol. The number of rotatable bonds is 3. The van der Waals surface area contributed by atoms with E-state index in [9.17, 15) is 14.7 Å². The van der Waals surface area contributed by atoms with Gasteiger partial charge in [-0.25, -0.2) is 0 Å². The Hall–Kier alpha value is -1.06. The molecule has 0 radical (unpaired) electrons. The highest BCUT2D eigenvalue weighted by molar-refractivity contribution is 5.85. The molecule has 1 heterocycles. The van der Waals surface area contributed by atoms with Crippen molar-refractivity contribution in [3.05, 3.63) is 0 Å². The summed E-state index contributed by atoms with van der Waals surface area (Å²) in [4.78, 5) is 25.4. The van der Waals surface area contributed by atoms with Crippen LogP contribution in [0.2, 0.25) is 0 Å². The molecule has 2 rings (SSSR count). The van der Waals surface area contributed by atoms with Crippen LogP contribution in [-0.4, -0.2) is 34.5 Å². The van der Waals surface area contributed by atoms with Crippen molar-refractivity contribution in [1.82, 2.24) is 4.90 Å². The van der Waals surface area contributed by atoms with E-state index in [0.29, 0.717) is 12.8 Å². The third kappa shape index (κ3) is 2.31. The second-order valence-corrected chi connectivity index (χ2v) is 5.55. The van der Waals surface area contributed by atoms with Crippen LogP contribution in [0.25, 0.3) is 0 Å². The minimum atomic E-state index is -0.782. The normalized spacial score (nSPS) is 27.4. The third-order valence-electron chi connectivity index (χ3n) is 4.38. The summed E-state index contributed by atoms with van der Waals surface area (Å²) in [6.07, 6.45) is 5.50. The summed E-state index contributed by atoms with van der Waals surface area (Å²) in [5.74, 6) is -0.741. The zero-order chi connectivity index (χ0) is 12.5. The van der Waals surface area contributed by atoms with Gasteiger partial charge in [-0.1, -0.05) is 12.8 Å². The number of nitrogens with zero attached hydrogens (tertiary/aromatic N) is 1. The van der Waals surface area contributed by atoms with Crippen LogP contribution in [0.1, 0.15) is 51.9 Å². The maximum absolute atomic E-state index is 12.2. The number of amides is 1. The van der Waals surface area contributed by atoms with E-state index in [1.54, 1.807) is 0 Å². The van der Waals surface area contributed by atoms with E-state index in [1.165, 1.54) is 0 Å². The van der Waals surface area contributed by atoms with Crippen LogP contribution in [0.5, 0.6) is 0 Å². The fraction of sp³-hybridized carbons (Fsp3) is 0.846. The number of aliphatic carboxylic acids is 1. The van der Waals surface area contributed by atoms with Gasteiger partial charge in [0, 0.05) is 19.0 Å². The largest absolute Gasteiger partial charge is 0.481 e.